The molecule has 1 aromatic heterocycles. The molecule has 0 aliphatic carbocycles. The van der Waals surface area contributed by atoms with Gasteiger partial charge in [-0.25, -0.2) is 4.98 Å². The van der Waals surface area contributed by atoms with Gasteiger partial charge in [0.05, 0.1) is 0 Å². The highest BCUT2D eigenvalue weighted by Crippen LogP contribution is 2.17. The summed E-state index contributed by atoms with van der Waals surface area (Å²) in [4.78, 5) is 21.1. The molecule has 0 atom stereocenters. The van der Waals surface area contributed by atoms with Crippen molar-refractivity contribution < 1.29 is 4.79 Å². The van der Waals surface area contributed by atoms with E-state index in [-0.39, 0.29) is 5.91 Å². The van der Waals surface area contributed by atoms with Crippen molar-refractivity contribution in [3.05, 3.63) is 18.2 Å². The average molecular weight is 292 g/mol. The fourth-order valence-electron chi connectivity index (χ4n) is 3.23. The van der Waals surface area contributed by atoms with Gasteiger partial charge in [0.2, 0.25) is 5.91 Å². The lowest BCUT2D eigenvalue weighted by atomic mass is 10.0. The third kappa shape index (κ3) is 4.06. The van der Waals surface area contributed by atoms with Crippen molar-refractivity contribution in [3.63, 3.8) is 0 Å². The van der Waals surface area contributed by atoms with Crippen LogP contribution in [0.15, 0.2) is 12.4 Å². The van der Waals surface area contributed by atoms with E-state index < -0.39 is 0 Å². The molecule has 1 aliphatic heterocycles. The normalized spacial score (nSPS) is 16.7. The number of aromatic nitrogens is 2. The number of carbonyl (C=O) groups is 1. The van der Waals surface area contributed by atoms with E-state index >= 15 is 0 Å². The highest BCUT2D eigenvalue weighted by Gasteiger charge is 2.25. The summed E-state index contributed by atoms with van der Waals surface area (Å²) in [5.41, 5.74) is 0. The Morgan fingerprint density at radius 2 is 2.00 bits per heavy atom. The minimum absolute atomic E-state index is 0.274. The Bertz CT molecular complexity index is 445. The van der Waals surface area contributed by atoms with Crippen LogP contribution >= 0.6 is 0 Å². The zero-order valence-corrected chi connectivity index (χ0v) is 13.6. The lowest BCUT2D eigenvalue weighted by molar-refractivity contribution is -0.132. The summed E-state index contributed by atoms with van der Waals surface area (Å²) in [5.74, 6) is 1.26. The van der Waals surface area contributed by atoms with Gasteiger partial charge in [0, 0.05) is 51.4 Å². The first-order valence-electron chi connectivity index (χ1n) is 8.13. The smallest absolute Gasteiger partial charge is 0.223 e. The number of aryl methyl sites for hydroxylation is 2. The Kier molecular flexibility index (Phi) is 5.79. The number of amides is 1. The number of rotatable bonds is 6. The molecule has 0 unspecified atom stereocenters. The highest BCUT2D eigenvalue weighted by molar-refractivity contribution is 5.76. The van der Waals surface area contributed by atoms with Gasteiger partial charge in [-0.3, -0.25) is 4.79 Å². The third-order valence-electron chi connectivity index (χ3n) is 4.63. The second-order valence-corrected chi connectivity index (χ2v) is 5.79. The molecule has 2 rings (SSSR count). The van der Waals surface area contributed by atoms with Gasteiger partial charge in [0.1, 0.15) is 5.82 Å². The van der Waals surface area contributed by atoms with E-state index in [1.807, 2.05) is 22.7 Å². The van der Waals surface area contributed by atoms with Gasteiger partial charge in [-0.1, -0.05) is 13.8 Å². The molecule has 1 aromatic rings. The number of likely N-dealkylation sites (tertiary alicyclic amines) is 1. The van der Waals surface area contributed by atoms with Crippen molar-refractivity contribution in [1.82, 2.24) is 19.4 Å². The second-order valence-electron chi connectivity index (χ2n) is 5.79. The molecule has 1 amide bonds. The minimum atomic E-state index is 0.274. The molecule has 1 saturated heterocycles. The van der Waals surface area contributed by atoms with Gasteiger partial charge in [0.15, 0.2) is 0 Å². The SMILES string of the molecule is CCN(CC)C1CCN(C(=O)CCc2nccn2C)CC1. The fraction of sp³-hybridized carbons (Fsp3) is 0.750. The molecule has 0 saturated carbocycles. The molecule has 0 bridgehead atoms. The van der Waals surface area contributed by atoms with Gasteiger partial charge in [-0.15, -0.1) is 0 Å². The quantitative estimate of drug-likeness (QED) is 0.801. The van der Waals surface area contributed by atoms with Crippen LogP contribution < -0.4 is 0 Å². The minimum Gasteiger partial charge on any atom is -0.343 e. The first-order chi connectivity index (χ1) is 10.2. The van der Waals surface area contributed by atoms with Crippen molar-refractivity contribution >= 4 is 5.91 Å². The number of carbonyl (C=O) groups excluding carboxylic acids is 1. The van der Waals surface area contributed by atoms with E-state index in [2.05, 4.69) is 23.7 Å². The van der Waals surface area contributed by atoms with Crippen molar-refractivity contribution in [3.8, 4) is 0 Å². The Morgan fingerprint density at radius 1 is 1.33 bits per heavy atom. The van der Waals surface area contributed by atoms with E-state index in [0.717, 1.165) is 51.3 Å². The average Bonchev–Trinajstić information content (AvgIpc) is 2.92. The van der Waals surface area contributed by atoms with Crippen LogP contribution in [0.3, 0.4) is 0 Å². The molecule has 1 aliphatic rings. The highest BCUT2D eigenvalue weighted by atomic mass is 16.2. The molecule has 0 N–H and O–H groups in total. The standard InChI is InChI=1S/C16H28N4O/c1-4-19(5-2)14-8-11-20(12-9-14)16(21)7-6-15-17-10-13-18(15)3/h10,13-14H,4-9,11-12H2,1-3H3. The Hall–Kier alpha value is -1.36. The van der Waals surface area contributed by atoms with E-state index in [0.29, 0.717) is 12.5 Å². The molecular weight excluding hydrogens is 264 g/mol. The van der Waals surface area contributed by atoms with E-state index in [9.17, 15) is 4.79 Å². The molecule has 5 heteroatoms. The van der Waals surface area contributed by atoms with Crippen molar-refractivity contribution in [1.29, 1.82) is 0 Å². The Morgan fingerprint density at radius 3 is 2.52 bits per heavy atom. The molecule has 2 heterocycles. The number of imidazole rings is 1. The van der Waals surface area contributed by atoms with Crippen LogP contribution in [-0.4, -0.2) is 57.5 Å². The summed E-state index contributed by atoms with van der Waals surface area (Å²) in [5, 5.41) is 0. The lowest BCUT2D eigenvalue weighted by Gasteiger charge is -2.37. The van der Waals surface area contributed by atoms with Gasteiger partial charge in [-0.2, -0.15) is 0 Å². The summed E-state index contributed by atoms with van der Waals surface area (Å²) in [6, 6.07) is 0.651. The number of piperidine rings is 1. The van der Waals surface area contributed by atoms with Crippen LogP contribution in [0.5, 0.6) is 0 Å². The summed E-state index contributed by atoms with van der Waals surface area (Å²) in [7, 11) is 1.97. The lowest BCUT2D eigenvalue weighted by Crippen LogP contribution is -2.46. The zero-order chi connectivity index (χ0) is 15.2. The first-order valence-corrected chi connectivity index (χ1v) is 8.13. The largest absolute Gasteiger partial charge is 0.343 e. The summed E-state index contributed by atoms with van der Waals surface area (Å²) < 4.78 is 1.99. The molecule has 5 nitrogen and oxygen atoms in total. The number of hydrogen-bond acceptors (Lipinski definition) is 3. The third-order valence-corrected chi connectivity index (χ3v) is 4.63. The molecule has 0 aromatic carbocycles. The predicted molar refractivity (Wildman–Crippen MR) is 84.1 cm³/mol. The van der Waals surface area contributed by atoms with Crippen LogP contribution in [0.25, 0.3) is 0 Å². The number of nitrogens with zero attached hydrogens (tertiary/aromatic N) is 4. The van der Waals surface area contributed by atoms with Crippen LogP contribution in [0.4, 0.5) is 0 Å². The number of hydrogen-bond donors (Lipinski definition) is 0. The second kappa shape index (κ2) is 7.59. The zero-order valence-electron chi connectivity index (χ0n) is 13.6. The maximum Gasteiger partial charge on any atom is 0.223 e. The van der Waals surface area contributed by atoms with Crippen LogP contribution in [0.1, 0.15) is 38.9 Å². The monoisotopic (exact) mass is 292 g/mol. The van der Waals surface area contributed by atoms with E-state index in [1.54, 1.807) is 6.20 Å². The Balaban J connectivity index is 1.76. The van der Waals surface area contributed by atoms with Crippen LogP contribution in [0, 0.1) is 0 Å². The summed E-state index contributed by atoms with van der Waals surface area (Å²) >= 11 is 0. The summed E-state index contributed by atoms with van der Waals surface area (Å²) in [6.07, 6.45) is 7.23. The van der Waals surface area contributed by atoms with E-state index in [4.69, 9.17) is 0 Å². The summed E-state index contributed by atoms with van der Waals surface area (Å²) in [6.45, 7) is 8.45. The molecule has 118 valence electrons. The molecule has 0 spiro atoms. The topological polar surface area (TPSA) is 41.4 Å². The maximum absolute atomic E-state index is 12.3. The van der Waals surface area contributed by atoms with Gasteiger partial charge in [-0.05, 0) is 25.9 Å². The molecular formula is C16H28N4O. The Labute approximate surface area is 127 Å². The van der Waals surface area contributed by atoms with Crippen molar-refractivity contribution in [2.45, 2.75) is 45.6 Å². The fourth-order valence-corrected chi connectivity index (χ4v) is 3.23. The molecule has 0 radical (unpaired) electrons. The van der Waals surface area contributed by atoms with Crippen molar-refractivity contribution in [2.24, 2.45) is 7.05 Å². The van der Waals surface area contributed by atoms with Crippen LogP contribution in [-0.2, 0) is 18.3 Å². The van der Waals surface area contributed by atoms with E-state index in [1.165, 1.54) is 0 Å². The van der Waals surface area contributed by atoms with Gasteiger partial charge in [0.25, 0.3) is 0 Å². The van der Waals surface area contributed by atoms with Crippen LogP contribution in [0.2, 0.25) is 0 Å². The predicted octanol–water partition coefficient (Wildman–Crippen LogP) is 1.69. The van der Waals surface area contributed by atoms with Crippen molar-refractivity contribution in [2.75, 3.05) is 26.2 Å². The molecule has 21 heavy (non-hydrogen) atoms. The first kappa shape index (κ1) is 16.0. The van der Waals surface area contributed by atoms with Gasteiger partial charge >= 0.3 is 0 Å². The van der Waals surface area contributed by atoms with Gasteiger partial charge < -0.3 is 14.4 Å². The maximum atomic E-state index is 12.3. The molecule has 1 fully saturated rings.